The number of carbonyl (C=O) groups excluding carboxylic acids is 1. The molecule has 1 heterocycles. The van der Waals surface area contributed by atoms with E-state index in [0.717, 1.165) is 25.7 Å². The van der Waals surface area contributed by atoms with Gasteiger partial charge in [0.25, 0.3) is 0 Å². The highest BCUT2D eigenvalue weighted by Crippen LogP contribution is 2.37. The number of nitrogens with zero attached hydrogens (tertiary/aromatic N) is 1. The average Bonchev–Trinajstić information content (AvgIpc) is 3.06. The van der Waals surface area contributed by atoms with Gasteiger partial charge >= 0.3 is 5.97 Å². The van der Waals surface area contributed by atoms with E-state index in [1.165, 1.54) is 69.5 Å². The van der Waals surface area contributed by atoms with Crippen molar-refractivity contribution in [2.75, 3.05) is 0 Å². The first-order valence-electron chi connectivity index (χ1n) is 12.4. The lowest BCUT2D eigenvalue weighted by molar-refractivity contribution is -0.138. The van der Waals surface area contributed by atoms with Crippen molar-refractivity contribution in [1.82, 2.24) is 0 Å². The third kappa shape index (κ3) is 11.9. The van der Waals surface area contributed by atoms with E-state index in [1.54, 1.807) is 0 Å². The Balaban J connectivity index is 2.08. The minimum Gasteiger partial charge on any atom is -0.481 e. The number of hydrogen-bond acceptors (Lipinski definition) is 5. The second kappa shape index (κ2) is 16.5. The Morgan fingerprint density at radius 2 is 1.52 bits per heavy atom. The Morgan fingerprint density at radius 1 is 0.968 bits per heavy atom. The van der Waals surface area contributed by atoms with Crippen LogP contribution in [0.5, 0.6) is 0 Å². The minimum atomic E-state index is -1.15. The molecule has 0 aliphatic carbocycles. The average molecular weight is 453 g/mol. The third-order valence-electron chi connectivity index (χ3n) is 5.83. The molecule has 0 saturated heterocycles. The summed E-state index contributed by atoms with van der Waals surface area (Å²) in [6.45, 7) is 4.21. The van der Waals surface area contributed by atoms with Gasteiger partial charge in [-0.3, -0.25) is 14.6 Å². The number of Topliss-reactive ketones (excluding diaryl/α,β-unsaturated/α-hetero) is 1. The van der Waals surface area contributed by atoms with Gasteiger partial charge in [-0.15, -0.1) is 0 Å². The van der Waals surface area contributed by atoms with Crippen molar-refractivity contribution in [2.45, 2.75) is 127 Å². The monoisotopic (exact) mass is 452 g/mol. The van der Waals surface area contributed by atoms with E-state index < -0.39 is 11.6 Å². The molecule has 0 saturated carbocycles. The lowest BCUT2D eigenvalue weighted by Gasteiger charge is -2.25. The number of aliphatic imine (C=N–C) groups is 1. The molecule has 0 aromatic carbocycles. The lowest BCUT2D eigenvalue weighted by Crippen LogP contribution is -2.46. The van der Waals surface area contributed by atoms with Crippen LogP contribution >= 0.6 is 11.8 Å². The van der Waals surface area contributed by atoms with Gasteiger partial charge in [-0.05, 0) is 38.5 Å². The smallest absolute Gasteiger partial charge is 0.307 e. The molecule has 0 aromatic heterocycles. The van der Waals surface area contributed by atoms with Crippen LogP contribution in [0.25, 0.3) is 0 Å². The van der Waals surface area contributed by atoms with E-state index in [4.69, 9.17) is 10.8 Å². The van der Waals surface area contributed by atoms with Crippen molar-refractivity contribution in [1.29, 1.82) is 0 Å². The molecular formula is C25H44N2O3S. The topological polar surface area (TPSA) is 92.8 Å². The summed E-state index contributed by atoms with van der Waals surface area (Å²) >= 11 is 1.36. The number of nitrogens with two attached hydrogens (primary N) is 1. The summed E-state index contributed by atoms with van der Waals surface area (Å²) in [6.07, 6.45) is 21.6. The van der Waals surface area contributed by atoms with E-state index >= 15 is 0 Å². The molecular weight excluding hydrogens is 408 g/mol. The summed E-state index contributed by atoms with van der Waals surface area (Å²) in [7, 11) is 0. The Bertz CT molecular complexity index is 591. The molecule has 6 heteroatoms. The van der Waals surface area contributed by atoms with Gasteiger partial charge in [0.1, 0.15) is 10.7 Å². The van der Waals surface area contributed by atoms with Gasteiger partial charge in [0, 0.05) is 11.7 Å². The molecule has 0 bridgehead atoms. The first-order chi connectivity index (χ1) is 14.9. The van der Waals surface area contributed by atoms with Gasteiger partial charge in [0.2, 0.25) is 0 Å². The zero-order chi connectivity index (χ0) is 23.0. The van der Waals surface area contributed by atoms with Gasteiger partial charge in [0.05, 0.1) is 6.42 Å². The summed E-state index contributed by atoms with van der Waals surface area (Å²) in [5, 5.41) is 9.36. The van der Waals surface area contributed by atoms with Crippen LogP contribution < -0.4 is 5.73 Å². The summed E-state index contributed by atoms with van der Waals surface area (Å²) in [6, 6.07) is 0. The zero-order valence-corrected chi connectivity index (χ0v) is 20.6. The number of carboxylic acid groups (broad SMARTS) is 1. The maximum atomic E-state index is 12.5. The van der Waals surface area contributed by atoms with Crippen LogP contribution in [0.1, 0.15) is 117 Å². The lowest BCUT2D eigenvalue weighted by atomic mass is 10.0. The number of rotatable bonds is 19. The van der Waals surface area contributed by atoms with Crippen molar-refractivity contribution in [2.24, 2.45) is 10.7 Å². The number of aliphatic carboxylic acids is 1. The van der Waals surface area contributed by atoms with Crippen LogP contribution in [0.2, 0.25) is 0 Å². The fourth-order valence-electron chi connectivity index (χ4n) is 3.95. The summed E-state index contributed by atoms with van der Waals surface area (Å²) in [5.74, 6) is -0.963. The molecule has 0 spiro atoms. The van der Waals surface area contributed by atoms with Crippen LogP contribution in [0.4, 0.5) is 0 Å². The highest BCUT2D eigenvalue weighted by atomic mass is 32.2. The molecule has 178 valence electrons. The highest BCUT2D eigenvalue weighted by molar-refractivity contribution is 8.16. The van der Waals surface area contributed by atoms with Crippen LogP contribution in [-0.4, -0.2) is 32.8 Å². The second-order valence-corrected chi connectivity index (χ2v) is 9.94. The van der Waals surface area contributed by atoms with Gasteiger partial charge in [0.15, 0.2) is 5.78 Å². The van der Waals surface area contributed by atoms with Gasteiger partial charge < -0.3 is 10.8 Å². The molecule has 2 unspecified atom stereocenters. The number of carbonyl (C=O) groups is 2. The van der Waals surface area contributed by atoms with Crippen molar-refractivity contribution in [3.63, 3.8) is 0 Å². The molecule has 1 aliphatic rings. The van der Waals surface area contributed by atoms with E-state index in [1.807, 2.05) is 6.92 Å². The predicted octanol–water partition coefficient (Wildman–Crippen LogP) is 6.65. The van der Waals surface area contributed by atoms with E-state index in [9.17, 15) is 9.59 Å². The molecule has 3 N–H and O–H groups in total. The molecule has 0 fully saturated rings. The minimum absolute atomic E-state index is 0.0128. The van der Waals surface area contributed by atoms with Gasteiger partial charge in [-0.2, -0.15) is 0 Å². The van der Waals surface area contributed by atoms with Crippen molar-refractivity contribution < 1.29 is 14.7 Å². The van der Waals surface area contributed by atoms with E-state index in [0.29, 0.717) is 17.9 Å². The molecule has 1 aliphatic heterocycles. The summed E-state index contributed by atoms with van der Waals surface area (Å²) in [5.41, 5.74) is 5.03. The Hall–Kier alpha value is -1.14. The fourth-order valence-corrected chi connectivity index (χ4v) is 5.18. The molecule has 31 heavy (non-hydrogen) atoms. The SMILES string of the molecule is CCCCCCCCC=CCCCCCCCC(=O)C1=NC(N)(CC(=O)O)C(CC)S1. The number of thioether (sulfide) groups is 1. The number of ketones is 1. The number of hydrogen-bond donors (Lipinski definition) is 2. The Morgan fingerprint density at radius 3 is 2.06 bits per heavy atom. The second-order valence-electron chi connectivity index (χ2n) is 8.75. The first-order valence-corrected chi connectivity index (χ1v) is 13.3. The Kier molecular flexibility index (Phi) is 14.8. The highest BCUT2D eigenvalue weighted by Gasteiger charge is 2.43. The predicted molar refractivity (Wildman–Crippen MR) is 133 cm³/mol. The largest absolute Gasteiger partial charge is 0.481 e. The molecule has 0 amide bonds. The van der Waals surface area contributed by atoms with E-state index in [-0.39, 0.29) is 17.5 Å². The maximum Gasteiger partial charge on any atom is 0.307 e. The fraction of sp³-hybridized carbons (Fsp3) is 0.800. The molecule has 1 rings (SSSR count). The van der Waals surface area contributed by atoms with Crippen molar-refractivity contribution in [3.05, 3.63) is 12.2 Å². The van der Waals surface area contributed by atoms with Crippen LogP contribution in [0.3, 0.4) is 0 Å². The van der Waals surface area contributed by atoms with Gasteiger partial charge in [-0.25, -0.2) is 0 Å². The standard InChI is InChI=1S/C25H44N2O3S/c1-3-5-6-7-8-9-10-11-12-13-14-15-16-17-18-19-21(28)24-27-25(26,20-23(29)30)22(4-2)31-24/h11-12,22H,3-10,13-20,26H2,1-2H3,(H,29,30). The quantitative estimate of drug-likeness (QED) is 0.169. The van der Waals surface area contributed by atoms with Crippen LogP contribution in [0, 0.1) is 0 Å². The third-order valence-corrected chi connectivity index (χ3v) is 7.40. The van der Waals surface area contributed by atoms with Crippen molar-refractivity contribution in [3.8, 4) is 0 Å². The Labute approximate surface area is 193 Å². The van der Waals surface area contributed by atoms with Crippen LogP contribution in [-0.2, 0) is 9.59 Å². The molecule has 0 radical (unpaired) electrons. The normalized spacial score (nSPS) is 21.0. The van der Waals surface area contributed by atoms with E-state index in [2.05, 4.69) is 24.1 Å². The van der Waals surface area contributed by atoms with Gasteiger partial charge in [-0.1, -0.05) is 89.1 Å². The first kappa shape index (κ1) is 27.9. The number of unbranched alkanes of at least 4 members (excludes halogenated alkanes) is 11. The number of carboxylic acids is 1. The zero-order valence-electron chi connectivity index (χ0n) is 19.7. The summed E-state index contributed by atoms with van der Waals surface area (Å²) < 4.78 is 0. The number of allylic oxidation sites excluding steroid dienone is 2. The molecule has 2 atom stereocenters. The molecule has 5 nitrogen and oxygen atoms in total. The maximum absolute atomic E-state index is 12.5. The molecule has 0 aromatic rings. The van der Waals surface area contributed by atoms with Crippen LogP contribution in [0.15, 0.2) is 17.1 Å². The summed E-state index contributed by atoms with van der Waals surface area (Å²) in [4.78, 5) is 27.9. The van der Waals surface area contributed by atoms with Crippen molar-refractivity contribution >= 4 is 28.6 Å².